The highest BCUT2D eigenvalue weighted by atomic mass is 79.9. The van der Waals surface area contributed by atoms with Gasteiger partial charge >= 0.3 is 0 Å². The molecule has 3 rings (SSSR count). The maximum Gasteiger partial charge on any atom is 0.253 e. The lowest BCUT2D eigenvalue weighted by Gasteiger charge is -2.31. The largest absolute Gasteiger partial charge is 0.440 e. The minimum absolute atomic E-state index is 0. The van der Waals surface area contributed by atoms with Crippen molar-refractivity contribution in [1.82, 2.24) is 4.90 Å². The van der Waals surface area contributed by atoms with Crippen molar-refractivity contribution in [2.75, 3.05) is 38.7 Å². The monoisotopic (exact) mass is 502 g/mol. The van der Waals surface area contributed by atoms with Crippen LogP contribution in [-0.4, -0.2) is 50.7 Å². The van der Waals surface area contributed by atoms with Gasteiger partial charge in [-0.05, 0) is 26.0 Å². The molecule has 2 heterocycles. The number of ether oxygens (including phenoxy) is 1. The molecule has 148 valence electrons. The van der Waals surface area contributed by atoms with Gasteiger partial charge in [0.05, 0.1) is 18.1 Å². The van der Waals surface area contributed by atoms with E-state index in [2.05, 4.69) is 15.9 Å². The highest BCUT2D eigenvalue weighted by Crippen LogP contribution is 2.32. The third kappa shape index (κ3) is 4.55. The van der Waals surface area contributed by atoms with Crippen LogP contribution < -0.4 is 10.3 Å². The Morgan fingerprint density at radius 2 is 2.04 bits per heavy atom. The quantitative estimate of drug-likeness (QED) is 0.597. The molecule has 0 spiro atoms. The number of carbonyl (C=O) groups is 1. The molecule has 1 aromatic carbocycles. The fraction of sp³-hybridized carbons (Fsp3) is 0.474. The van der Waals surface area contributed by atoms with Gasteiger partial charge in [-0.15, -0.1) is 17.0 Å². The number of carbonyl (C=O) groups excluding carboxylic acids is 1. The molecule has 1 saturated heterocycles. The summed E-state index contributed by atoms with van der Waals surface area (Å²) in [7, 11) is 3.38. The number of amides is 1. The Balaban J connectivity index is 0.00000261. The van der Waals surface area contributed by atoms with E-state index in [1.54, 1.807) is 26.2 Å². The zero-order valence-corrected chi connectivity index (χ0v) is 19.1. The van der Waals surface area contributed by atoms with Gasteiger partial charge in [0.1, 0.15) is 5.58 Å². The number of hydrogen-bond donors (Lipinski definition) is 0. The van der Waals surface area contributed by atoms with Gasteiger partial charge in [0.15, 0.2) is 11.3 Å². The first-order valence-electron chi connectivity index (χ1n) is 8.62. The van der Waals surface area contributed by atoms with Crippen LogP contribution in [0.4, 0.5) is 5.88 Å². The molecule has 0 radical (unpaired) electrons. The van der Waals surface area contributed by atoms with E-state index >= 15 is 0 Å². The molecule has 1 aliphatic rings. The molecule has 1 fully saturated rings. The van der Waals surface area contributed by atoms with Crippen molar-refractivity contribution in [3.8, 4) is 0 Å². The zero-order valence-electron chi connectivity index (χ0n) is 15.8. The highest BCUT2D eigenvalue weighted by molar-refractivity contribution is 9.09. The fourth-order valence-corrected chi connectivity index (χ4v) is 3.46. The number of anilines is 1. The number of morpholine rings is 1. The first kappa shape index (κ1) is 21.9. The molecule has 2 aromatic rings. The minimum atomic E-state index is -0.150. The first-order valence-corrected chi connectivity index (χ1v) is 9.53. The summed E-state index contributed by atoms with van der Waals surface area (Å²) in [5.41, 5.74) is 1.63. The van der Waals surface area contributed by atoms with E-state index in [1.165, 1.54) is 11.0 Å². The lowest BCUT2D eigenvalue weighted by atomic mass is 10.0. The molecule has 6 nitrogen and oxygen atoms in total. The summed E-state index contributed by atoms with van der Waals surface area (Å²) in [6.07, 6.45) is 0.0828. The summed E-state index contributed by atoms with van der Waals surface area (Å²) < 4.78 is 11.7. The average molecular weight is 504 g/mol. The van der Waals surface area contributed by atoms with Crippen molar-refractivity contribution in [3.63, 3.8) is 0 Å². The number of nitrogens with zero attached hydrogens (tertiary/aromatic N) is 2. The predicted molar refractivity (Wildman–Crippen MR) is 116 cm³/mol. The molecule has 0 aliphatic carbocycles. The molecule has 1 amide bonds. The molecule has 2 unspecified atom stereocenters. The molecular weight excluding hydrogens is 480 g/mol. The number of benzene rings is 1. The Morgan fingerprint density at radius 3 is 2.63 bits per heavy atom. The van der Waals surface area contributed by atoms with Crippen molar-refractivity contribution >= 4 is 55.7 Å². The summed E-state index contributed by atoms with van der Waals surface area (Å²) in [5.74, 6) is 0.394. The molecule has 1 aliphatic heterocycles. The van der Waals surface area contributed by atoms with Crippen LogP contribution in [0.5, 0.6) is 0 Å². The van der Waals surface area contributed by atoms with Crippen LogP contribution in [0.25, 0.3) is 11.0 Å². The summed E-state index contributed by atoms with van der Waals surface area (Å²) in [6, 6.07) is 4.92. The van der Waals surface area contributed by atoms with Gasteiger partial charge in [-0.25, -0.2) is 0 Å². The standard InChI is InChI=1S/C19H23BrN2O4.BrH/c1-11-10-22(5-6-25-11)17-9-16(23)15-8-13(19(24)21(3)4)7-14(12(2)20)18(15)26-17;/h7-9,11-12H,5-6,10H2,1-4H3;1H. The van der Waals surface area contributed by atoms with Gasteiger partial charge in [0.25, 0.3) is 5.91 Å². The second kappa shape index (κ2) is 8.75. The van der Waals surface area contributed by atoms with Gasteiger partial charge in [-0.3, -0.25) is 9.59 Å². The second-order valence-electron chi connectivity index (χ2n) is 6.83. The van der Waals surface area contributed by atoms with Crippen LogP contribution in [0, 0.1) is 0 Å². The number of hydrogen-bond acceptors (Lipinski definition) is 5. The maximum atomic E-state index is 12.8. The number of rotatable bonds is 3. The molecule has 0 bridgehead atoms. The van der Waals surface area contributed by atoms with Gasteiger partial charge in [0, 0.05) is 49.2 Å². The lowest BCUT2D eigenvalue weighted by Crippen LogP contribution is -2.41. The van der Waals surface area contributed by atoms with Crippen LogP contribution in [0.15, 0.2) is 27.4 Å². The van der Waals surface area contributed by atoms with Crippen LogP contribution in [0.1, 0.15) is 34.6 Å². The molecular formula is C19H24Br2N2O4. The fourth-order valence-electron chi connectivity index (χ4n) is 3.12. The Bertz CT molecular complexity index is 895. The van der Waals surface area contributed by atoms with Gasteiger partial charge < -0.3 is 19.0 Å². The Kier molecular flexibility index (Phi) is 7.10. The molecule has 8 heteroatoms. The van der Waals surface area contributed by atoms with E-state index in [9.17, 15) is 9.59 Å². The van der Waals surface area contributed by atoms with Crippen molar-refractivity contribution < 1.29 is 13.9 Å². The van der Waals surface area contributed by atoms with E-state index in [-0.39, 0.29) is 39.2 Å². The topological polar surface area (TPSA) is 63.0 Å². The third-order valence-electron chi connectivity index (χ3n) is 4.48. The first-order chi connectivity index (χ1) is 12.3. The molecule has 2 atom stereocenters. The van der Waals surface area contributed by atoms with Crippen molar-refractivity contribution in [3.05, 3.63) is 39.5 Å². The van der Waals surface area contributed by atoms with Crippen LogP contribution in [0.2, 0.25) is 0 Å². The van der Waals surface area contributed by atoms with Gasteiger partial charge in [0.2, 0.25) is 0 Å². The van der Waals surface area contributed by atoms with Crippen LogP contribution >= 0.6 is 32.9 Å². The third-order valence-corrected chi connectivity index (χ3v) is 4.97. The maximum absolute atomic E-state index is 12.8. The van der Waals surface area contributed by atoms with Gasteiger partial charge in [-0.1, -0.05) is 15.9 Å². The molecule has 1 aromatic heterocycles. The Morgan fingerprint density at radius 1 is 1.33 bits per heavy atom. The molecule has 0 saturated carbocycles. The molecule has 27 heavy (non-hydrogen) atoms. The van der Waals surface area contributed by atoms with Crippen molar-refractivity contribution in [2.45, 2.75) is 24.8 Å². The molecule has 0 N–H and O–H groups in total. The van der Waals surface area contributed by atoms with E-state index in [1.807, 2.05) is 18.7 Å². The summed E-state index contributed by atoms with van der Waals surface area (Å²) in [6.45, 7) is 5.89. The Hall–Kier alpha value is -1.38. The lowest BCUT2D eigenvalue weighted by molar-refractivity contribution is 0.0517. The van der Waals surface area contributed by atoms with Crippen LogP contribution in [-0.2, 0) is 4.74 Å². The van der Waals surface area contributed by atoms with E-state index in [4.69, 9.17) is 9.15 Å². The van der Waals surface area contributed by atoms with E-state index < -0.39 is 0 Å². The smallest absolute Gasteiger partial charge is 0.253 e. The second-order valence-corrected chi connectivity index (χ2v) is 8.21. The summed E-state index contributed by atoms with van der Waals surface area (Å²) in [4.78, 5) is 28.6. The zero-order chi connectivity index (χ0) is 19.0. The van der Waals surface area contributed by atoms with Gasteiger partial charge in [-0.2, -0.15) is 0 Å². The van der Waals surface area contributed by atoms with Crippen molar-refractivity contribution in [1.29, 1.82) is 0 Å². The van der Waals surface area contributed by atoms with Crippen molar-refractivity contribution in [2.24, 2.45) is 0 Å². The normalized spacial score (nSPS) is 18.1. The van der Waals surface area contributed by atoms with E-state index in [0.29, 0.717) is 42.1 Å². The average Bonchev–Trinajstić information content (AvgIpc) is 2.60. The Labute approximate surface area is 177 Å². The predicted octanol–water partition coefficient (Wildman–Crippen LogP) is 3.75. The number of halogens is 2. The SMILES string of the molecule is Br.CC1CN(c2cc(=O)c3cc(C(=O)N(C)C)cc(C(C)Br)c3o2)CCO1. The number of fused-ring (bicyclic) bond motifs is 1. The minimum Gasteiger partial charge on any atom is -0.440 e. The summed E-state index contributed by atoms with van der Waals surface area (Å²) >= 11 is 3.56. The van der Waals surface area contributed by atoms with Crippen LogP contribution in [0.3, 0.4) is 0 Å². The van der Waals surface area contributed by atoms with E-state index in [0.717, 1.165) is 5.56 Å². The summed E-state index contributed by atoms with van der Waals surface area (Å²) in [5, 5.41) is 0.420. The number of alkyl halides is 1. The highest BCUT2D eigenvalue weighted by Gasteiger charge is 2.22.